The van der Waals surface area contributed by atoms with E-state index in [0.717, 1.165) is 22.2 Å². The topological polar surface area (TPSA) is 45.5 Å². The first-order valence-corrected chi connectivity index (χ1v) is 10.2. The van der Waals surface area contributed by atoms with Gasteiger partial charge in [0.05, 0.1) is 24.8 Å². The van der Waals surface area contributed by atoms with E-state index in [2.05, 4.69) is 4.98 Å². The third kappa shape index (κ3) is 4.01. The zero-order valence-electron chi connectivity index (χ0n) is 17.0. The normalized spacial score (nSPS) is 12.1. The van der Waals surface area contributed by atoms with Gasteiger partial charge < -0.3 is 14.3 Å². The van der Waals surface area contributed by atoms with Crippen molar-refractivity contribution in [2.45, 2.75) is 13.0 Å². The number of aromatic nitrogens is 2. The van der Waals surface area contributed by atoms with Gasteiger partial charge in [0.15, 0.2) is 17.6 Å². The fourth-order valence-electron chi connectivity index (χ4n) is 3.39. The molecule has 0 spiro atoms. The fraction of sp³-hybridized carbons (Fsp3) is 0.174. The zero-order chi connectivity index (χ0) is 22.1. The lowest BCUT2D eigenvalue weighted by molar-refractivity contribution is 0.0562. The van der Waals surface area contributed by atoms with E-state index in [4.69, 9.17) is 37.5 Å². The van der Waals surface area contributed by atoms with Gasteiger partial charge in [-0.3, -0.25) is 4.98 Å². The highest BCUT2D eigenvalue weighted by atomic mass is 35.5. The van der Waals surface area contributed by atoms with Crippen molar-refractivity contribution < 1.29 is 18.7 Å². The maximum atomic E-state index is 13.9. The molecule has 0 amide bonds. The van der Waals surface area contributed by atoms with Crippen molar-refractivity contribution in [1.82, 2.24) is 9.71 Å². The van der Waals surface area contributed by atoms with Crippen molar-refractivity contribution in [1.29, 1.82) is 0 Å². The first-order valence-electron chi connectivity index (χ1n) is 9.43. The van der Waals surface area contributed by atoms with Gasteiger partial charge in [-0.05, 0) is 48.9 Å². The molecule has 2 heterocycles. The Morgan fingerprint density at radius 3 is 2.48 bits per heavy atom. The molecular weight excluding hydrogens is 442 g/mol. The summed E-state index contributed by atoms with van der Waals surface area (Å²) in [4.78, 5) is 10.6. The maximum absolute atomic E-state index is 13.9. The lowest BCUT2D eigenvalue weighted by Crippen LogP contribution is -2.16. The second kappa shape index (κ2) is 8.65. The van der Waals surface area contributed by atoms with Crippen LogP contribution < -0.4 is 14.3 Å². The number of nitrogens with zero attached hydrogens (tertiary/aromatic N) is 2. The Morgan fingerprint density at radius 1 is 0.968 bits per heavy atom. The van der Waals surface area contributed by atoms with E-state index in [-0.39, 0.29) is 5.02 Å². The summed E-state index contributed by atoms with van der Waals surface area (Å²) in [6.45, 7) is 1.75. The number of hydrogen-bond acceptors (Lipinski definition) is 4. The first-order chi connectivity index (χ1) is 14.9. The van der Waals surface area contributed by atoms with E-state index in [9.17, 15) is 4.39 Å². The van der Waals surface area contributed by atoms with E-state index in [0.29, 0.717) is 22.1 Å². The van der Waals surface area contributed by atoms with Gasteiger partial charge in [0.25, 0.3) is 0 Å². The molecule has 0 bridgehead atoms. The summed E-state index contributed by atoms with van der Waals surface area (Å²) in [6, 6.07) is 12.1. The van der Waals surface area contributed by atoms with Gasteiger partial charge in [0, 0.05) is 28.5 Å². The molecule has 160 valence electrons. The van der Waals surface area contributed by atoms with E-state index < -0.39 is 11.9 Å². The lowest BCUT2D eigenvalue weighted by Gasteiger charge is -2.19. The van der Waals surface area contributed by atoms with Crippen LogP contribution in [0, 0.1) is 5.82 Å². The molecule has 4 rings (SSSR count). The Hall–Kier alpha value is -2.96. The molecular formula is C23H19Cl2FN2O3. The summed E-state index contributed by atoms with van der Waals surface area (Å²) in [6.07, 6.45) is 2.92. The highest BCUT2D eigenvalue weighted by Crippen LogP contribution is 2.35. The van der Waals surface area contributed by atoms with Gasteiger partial charge in [0.1, 0.15) is 11.3 Å². The van der Waals surface area contributed by atoms with Crippen molar-refractivity contribution in [2.75, 3.05) is 14.2 Å². The average molecular weight is 461 g/mol. The minimum atomic E-state index is -0.601. The van der Waals surface area contributed by atoms with Crippen LogP contribution in [0.5, 0.6) is 11.5 Å². The molecule has 0 N–H and O–H groups in total. The molecule has 2 aromatic carbocycles. The molecule has 0 fully saturated rings. The Labute approximate surface area is 188 Å². The van der Waals surface area contributed by atoms with Gasteiger partial charge >= 0.3 is 0 Å². The van der Waals surface area contributed by atoms with Crippen LogP contribution in [0.1, 0.15) is 18.6 Å². The molecule has 5 nitrogen and oxygen atoms in total. The molecule has 8 heteroatoms. The summed E-state index contributed by atoms with van der Waals surface area (Å²) in [5, 5.41) is 0.278. The average Bonchev–Trinajstić information content (AvgIpc) is 3.18. The molecule has 0 aliphatic rings. The lowest BCUT2D eigenvalue weighted by atomic mass is 10.1. The standard InChI is InChI=1S/C23H19Cl2FN2O3/c1-13(22-16(24)5-6-17(26)23(22)25)31-28-9-8-18-19(28)10-15(12-27-18)14-4-7-20(29-2)21(11-14)30-3/h4-13H,1-3H3. The van der Waals surface area contributed by atoms with Gasteiger partial charge in [-0.1, -0.05) is 29.3 Å². The summed E-state index contributed by atoms with van der Waals surface area (Å²) < 4.78 is 26.2. The van der Waals surface area contributed by atoms with Gasteiger partial charge in [0.2, 0.25) is 0 Å². The molecule has 1 unspecified atom stereocenters. The van der Waals surface area contributed by atoms with Crippen molar-refractivity contribution in [3.05, 3.63) is 76.3 Å². The van der Waals surface area contributed by atoms with Crippen LogP contribution in [0.4, 0.5) is 4.39 Å². The predicted molar refractivity (Wildman–Crippen MR) is 120 cm³/mol. The molecule has 0 saturated heterocycles. The fourth-order valence-corrected chi connectivity index (χ4v) is 4.07. The molecule has 2 aromatic heterocycles. The smallest absolute Gasteiger partial charge is 0.161 e. The highest BCUT2D eigenvalue weighted by molar-refractivity contribution is 6.36. The Bertz CT molecular complexity index is 1260. The number of rotatable bonds is 6. The molecule has 31 heavy (non-hydrogen) atoms. The van der Waals surface area contributed by atoms with E-state index in [1.165, 1.54) is 12.1 Å². The van der Waals surface area contributed by atoms with Gasteiger partial charge in [-0.2, -0.15) is 4.73 Å². The Morgan fingerprint density at radius 2 is 1.74 bits per heavy atom. The zero-order valence-corrected chi connectivity index (χ0v) is 18.5. The van der Waals surface area contributed by atoms with Crippen LogP contribution in [0.3, 0.4) is 0 Å². The summed E-state index contributed by atoms with van der Waals surface area (Å²) in [5.41, 5.74) is 3.64. The van der Waals surface area contributed by atoms with E-state index >= 15 is 0 Å². The second-order valence-electron chi connectivity index (χ2n) is 6.84. The van der Waals surface area contributed by atoms with E-state index in [1.54, 1.807) is 38.3 Å². The molecule has 1 atom stereocenters. The number of hydrogen-bond donors (Lipinski definition) is 0. The van der Waals surface area contributed by atoms with Crippen LogP contribution in [0.15, 0.2) is 54.9 Å². The van der Waals surface area contributed by atoms with Crippen LogP contribution in [-0.4, -0.2) is 23.9 Å². The number of pyridine rings is 1. The summed E-state index contributed by atoms with van der Waals surface area (Å²) in [5.74, 6) is 0.715. The van der Waals surface area contributed by atoms with Crippen molar-refractivity contribution in [3.8, 4) is 22.6 Å². The van der Waals surface area contributed by atoms with Crippen LogP contribution in [0.25, 0.3) is 22.2 Å². The van der Waals surface area contributed by atoms with Crippen LogP contribution in [-0.2, 0) is 0 Å². The van der Waals surface area contributed by atoms with Crippen LogP contribution >= 0.6 is 23.2 Å². The van der Waals surface area contributed by atoms with Crippen molar-refractivity contribution in [3.63, 3.8) is 0 Å². The molecule has 0 aliphatic carbocycles. The maximum Gasteiger partial charge on any atom is 0.161 e. The SMILES string of the molecule is COc1ccc(-c2cnc3ccn(OC(C)c4c(Cl)ccc(F)c4Cl)c3c2)cc1OC. The first kappa shape index (κ1) is 21.3. The number of fused-ring (bicyclic) bond motifs is 1. The molecule has 0 saturated carbocycles. The van der Waals surface area contributed by atoms with Crippen molar-refractivity contribution >= 4 is 34.2 Å². The minimum Gasteiger partial charge on any atom is -0.493 e. The van der Waals surface area contributed by atoms with Crippen molar-refractivity contribution in [2.24, 2.45) is 0 Å². The summed E-state index contributed by atoms with van der Waals surface area (Å²) >= 11 is 12.4. The quantitative estimate of drug-likeness (QED) is 0.314. The van der Waals surface area contributed by atoms with Crippen LogP contribution in [0.2, 0.25) is 10.0 Å². The molecule has 0 aliphatic heterocycles. The third-order valence-electron chi connectivity index (χ3n) is 4.98. The number of ether oxygens (including phenoxy) is 2. The number of methoxy groups -OCH3 is 2. The number of halogens is 3. The minimum absolute atomic E-state index is 0.0550. The molecule has 0 radical (unpaired) electrons. The number of benzene rings is 2. The summed E-state index contributed by atoms with van der Waals surface area (Å²) in [7, 11) is 3.18. The Balaban J connectivity index is 1.71. The van der Waals surface area contributed by atoms with E-state index in [1.807, 2.05) is 30.3 Å². The Kier molecular flexibility index (Phi) is 5.94. The predicted octanol–water partition coefficient (Wildman–Crippen LogP) is 6.36. The van der Waals surface area contributed by atoms with Gasteiger partial charge in [-0.15, -0.1) is 0 Å². The van der Waals surface area contributed by atoms with Gasteiger partial charge in [-0.25, -0.2) is 4.39 Å². The highest BCUT2D eigenvalue weighted by Gasteiger charge is 2.20. The second-order valence-corrected chi connectivity index (χ2v) is 7.63. The monoisotopic (exact) mass is 460 g/mol. The molecule has 4 aromatic rings. The largest absolute Gasteiger partial charge is 0.493 e. The third-order valence-corrected chi connectivity index (χ3v) is 5.69.